The molecule has 4 heteroatoms. The summed E-state index contributed by atoms with van der Waals surface area (Å²) < 4.78 is 0. The number of aromatic nitrogens is 1. The van der Waals surface area contributed by atoms with Crippen molar-refractivity contribution < 1.29 is 5.11 Å². The Morgan fingerprint density at radius 1 is 1.35 bits per heavy atom. The summed E-state index contributed by atoms with van der Waals surface area (Å²) in [5.74, 6) is 0.249. The number of pyridine rings is 1. The van der Waals surface area contributed by atoms with Gasteiger partial charge in [0.1, 0.15) is 5.75 Å². The van der Waals surface area contributed by atoms with Crippen LogP contribution in [-0.4, -0.2) is 10.1 Å². The molecule has 1 aromatic heterocycles. The molecule has 0 aliphatic heterocycles. The number of nitrogens with zero attached hydrogens (tertiary/aromatic N) is 1. The molecule has 0 aliphatic rings. The summed E-state index contributed by atoms with van der Waals surface area (Å²) in [5, 5.41) is 12.9. The van der Waals surface area contributed by atoms with Gasteiger partial charge in [-0.2, -0.15) is 0 Å². The molecule has 17 heavy (non-hydrogen) atoms. The molecule has 0 spiro atoms. The first kappa shape index (κ1) is 11.3. The zero-order valence-corrected chi connectivity index (χ0v) is 9.64. The van der Waals surface area contributed by atoms with Crippen molar-refractivity contribution in [3.05, 3.63) is 47.8 Å². The number of phenolic OH excluding ortho intramolecular Hbond substituents is 1. The fourth-order valence-corrected chi connectivity index (χ4v) is 1.61. The van der Waals surface area contributed by atoms with Gasteiger partial charge in [-0.15, -0.1) is 0 Å². The smallest absolute Gasteiger partial charge is 0.120 e. The van der Waals surface area contributed by atoms with Crippen LogP contribution in [0.4, 0.5) is 11.4 Å². The number of benzene rings is 1. The topological polar surface area (TPSA) is 71.2 Å². The van der Waals surface area contributed by atoms with Crippen molar-refractivity contribution in [2.45, 2.75) is 13.5 Å². The van der Waals surface area contributed by atoms with Crippen molar-refractivity contribution in [3.63, 3.8) is 0 Å². The Bertz CT molecular complexity index is 526. The second-order valence-corrected chi connectivity index (χ2v) is 3.93. The van der Waals surface area contributed by atoms with Gasteiger partial charge < -0.3 is 16.2 Å². The molecule has 0 amide bonds. The second kappa shape index (κ2) is 4.74. The van der Waals surface area contributed by atoms with Gasteiger partial charge in [-0.1, -0.05) is 0 Å². The number of hydrogen-bond acceptors (Lipinski definition) is 4. The van der Waals surface area contributed by atoms with Crippen LogP contribution in [0.2, 0.25) is 0 Å². The molecule has 0 saturated carbocycles. The van der Waals surface area contributed by atoms with Gasteiger partial charge in [0.25, 0.3) is 0 Å². The molecule has 4 N–H and O–H groups in total. The van der Waals surface area contributed by atoms with Crippen LogP contribution < -0.4 is 11.1 Å². The zero-order valence-electron chi connectivity index (χ0n) is 9.64. The molecule has 88 valence electrons. The first-order valence-corrected chi connectivity index (χ1v) is 5.38. The maximum absolute atomic E-state index is 9.67. The maximum Gasteiger partial charge on any atom is 0.120 e. The SMILES string of the molecule is Cc1cnccc1NCc1cc(N)ccc1O. The second-order valence-electron chi connectivity index (χ2n) is 3.93. The van der Waals surface area contributed by atoms with Crippen LogP contribution in [-0.2, 0) is 6.54 Å². The normalized spacial score (nSPS) is 10.2. The molecule has 0 saturated heterocycles. The Morgan fingerprint density at radius 3 is 2.94 bits per heavy atom. The van der Waals surface area contributed by atoms with Gasteiger partial charge in [0, 0.05) is 35.9 Å². The van der Waals surface area contributed by atoms with Crippen LogP contribution >= 0.6 is 0 Å². The van der Waals surface area contributed by atoms with Crippen molar-refractivity contribution in [2.75, 3.05) is 11.1 Å². The standard InChI is InChI=1S/C13H15N3O/c1-9-7-15-5-4-12(9)16-8-10-6-11(14)2-3-13(10)17/h2-7,17H,8,14H2,1H3,(H,15,16). The molecule has 2 rings (SSSR count). The molecule has 4 nitrogen and oxygen atoms in total. The van der Waals surface area contributed by atoms with Crippen molar-refractivity contribution >= 4 is 11.4 Å². The number of hydrogen-bond donors (Lipinski definition) is 3. The number of nitrogens with two attached hydrogens (primary N) is 1. The number of aryl methyl sites for hydroxylation is 1. The monoisotopic (exact) mass is 229 g/mol. The van der Waals surface area contributed by atoms with E-state index in [0.29, 0.717) is 12.2 Å². The summed E-state index contributed by atoms with van der Waals surface area (Å²) in [6.45, 7) is 2.51. The Labute approximate surface area is 100 Å². The Balaban J connectivity index is 2.12. The van der Waals surface area contributed by atoms with Gasteiger partial charge in [0.15, 0.2) is 0 Å². The van der Waals surface area contributed by atoms with E-state index in [1.807, 2.05) is 13.0 Å². The summed E-state index contributed by atoms with van der Waals surface area (Å²) in [6, 6.07) is 6.94. The predicted octanol–water partition coefficient (Wildman–Crippen LogP) is 2.29. The minimum absolute atomic E-state index is 0.249. The lowest BCUT2D eigenvalue weighted by Crippen LogP contribution is -2.02. The van der Waals surface area contributed by atoms with E-state index in [9.17, 15) is 5.11 Å². The summed E-state index contributed by atoms with van der Waals surface area (Å²) >= 11 is 0. The third-order valence-corrected chi connectivity index (χ3v) is 2.59. The molecular formula is C13H15N3O. The van der Waals surface area contributed by atoms with Crippen molar-refractivity contribution in [1.82, 2.24) is 4.98 Å². The third-order valence-electron chi connectivity index (χ3n) is 2.59. The minimum Gasteiger partial charge on any atom is -0.508 e. The lowest BCUT2D eigenvalue weighted by molar-refractivity contribution is 0.469. The average Bonchev–Trinajstić information content (AvgIpc) is 2.32. The van der Waals surface area contributed by atoms with Crippen molar-refractivity contribution in [1.29, 1.82) is 0 Å². The van der Waals surface area contributed by atoms with E-state index in [1.165, 1.54) is 0 Å². The molecule has 0 radical (unpaired) electrons. The van der Waals surface area contributed by atoms with E-state index in [-0.39, 0.29) is 5.75 Å². The fourth-order valence-electron chi connectivity index (χ4n) is 1.61. The van der Waals surface area contributed by atoms with E-state index >= 15 is 0 Å². The average molecular weight is 229 g/mol. The summed E-state index contributed by atoms with van der Waals surface area (Å²) in [6.07, 6.45) is 3.52. The Hall–Kier alpha value is -2.23. The fraction of sp³-hybridized carbons (Fsp3) is 0.154. The van der Waals surface area contributed by atoms with Crippen LogP contribution in [0.3, 0.4) is 0 Å². The van der Waals surface area contributed by atoms with E-state index in [2.05, 4.69) is 10.3 Å². The van der Waals surface area contributed by atoms with Gasteiger partial charge in [-0.05, 0) is 36.8 Å². The number of aromatic hydroxyl groups is 1. The highest BCUT2D eigenvalue weighted by Crippen LogP contribution is 2.21. The summed E-state index contributed by atoms with van der Waals surface area (Å²) in [7, 11) is 0. The number of nitrogen functional groups attached to an aromatic ring is 1. The Morgan fingerprint density at radius 2 is 2.18 bits per heavy atom. The van der Waals surface area contributed by atoms with E-state index in [4.69, 9.17) is 5.73 Å². The van der Waals surface area contributed by atoms with Crippen molar-refractivity contribution in [3.8, 4) is 5.75 Å². The van der Waals surface area contributed by atoms with Crippen LogP contribution in [0.25, 0.3) is 0 Å². The van der Waals surface area contributed by atoms with Gasteiger partial charge >= 0.3 is 0 Å². The highest BCUT2D eigenvalue weighted by atomic mass is 16.3. The highest BCUT2D eigenvalue weighted by Gasteiger charge is 2.02. The number of rotatable bonds is 3. The van der Waals surface area contributed by atoms with Gasteiger partial charge in [0.2, 0.25) is 0 Å². The van der Waals surface area contributed by atoms with Gasteiger partial charge in [0.05, 0.1) is 0 Å². The summed E-state index contributed by atoms with van der Waals surface area (Å²) in [5.41, 5.74) is 9.17. The van der Waals surface area contributed by atoms with E-state index < -0.39 is 0 Å². The molecule has 1 heterocycles. The summed E-state index contributed by atoms with van der Waals surface area (Å²) in [4.78, 5) is 4.02. The van der Waals surface area contributed by atoms with Gasteiger partial charge in [-0.25, -0.2) is 0 Å². The number of nitrogens with one attached hydrogen (secondary N) is 1. The van der Waals surface area contributed by atoms with Gasteiger partial charge in [-0.3, -0.25) is 4.98 Å². The van der Waals surface area contributed by atoms with Crippen LogP contribution in [0.5, 0.6) is 5.75 Å². The lowest BCUT2D eigenvalue weighted by Gasteiger charge is -2.10. The zero-order chi connectivity index (χ0) is 12.3. The molecule has 0 bridgehead atoms. The molecule has 0 atom stereocenters. The first-order chi connectivity index (χ1) is 8.16. The van der Waals surface area contributed by atoms with Crippen LogP contribution in [0.1, 0.15) is 11.1 Å². The molecular weight excluding hydrogens is 214 g/mol. The van der Waals surface area contributed by atoms with Crippen LogP contribution in [0, 0.1) is 6.92 Å². The highest BCUT2D eigenvalue weighted by molar-refractivity contribution is 5.52. The number of phenols is 1. The predicted molar refractivity (Wildman–Crippen MR) is 68.8 cm³/mol. The third kappa shape index (κ3) is 2.66. The van der Waals surface area contributed by atoms with E-state index in [0.717, 1.165) is 16.8 Å². The molecule has 0 unspecified atom stereocenters. The van der Waals surface area contributed by atoms with E-state index in [1.54, 1.807) is 30.6 Å². The first-order valence-electron chi connectivity index (χ1n) is 5.38. The molecule has 0 fully saturated rings. The quantitative estimate of drug-likeness (QED) is 0.558. The number of anilines is 2. The maximum atomic E-state index is 9.67. The minimum atomic E-state index is 0.249. The van der Waals surface area contributed by atoms with Crippen molar-refractivity contribution in [2.24, 2.45) is 0 Å². The molecule has 0 aliphatic carbocycles. The molecule has 1 aromatic carbocycles. The Kier molecular flexibility index (Phi) is 3.14. The largest absolute Gasteiger partial charge is 0.508 e. The molecule has 2 aromatic rings. The lowest BCUT2D eigenvalue weighted by atomic mass is 10.1. The van der Waals surface area contributed by atoms with Crippen LogP contribution in [0.15, 0.2) is 36.7 Å².